The predicted octanol–water partition coefficient (Wildman–Crippen LogP) is 4.61. The van der Waals surface area contributed by atoms with E-state index in [4.69, 9.17) is 15.2 Å². The maximum atomic E-state index is 12.6. The van der Waals surface area contributed by atoms with Gasteiger partial charge in [0, 0.05) is 37.4 Å². The van der Waals surface area contributed by atoms with E-state index in [-0.39, 0.29) is 5.91 Å². The standard InChI is InChI=1S/C27H29N5O3/c1-34-23-15-19(8-9-22(23)31-24(33)10-7-18-5-3-2-4-6-18)21-16-32(20-11-13-35-14-12-20)27-25(21)26(28)29-17-30-27/h2-6,8-9,15-17,20H,7,10-14H2,1H3,(H,31,33)(H2,28,29,30). The summed E-state index contributed by atoms with van der Waals surface area (Å²) >= 11 is 0. The molecule has 0 atom stereocenters. The minimum absolute atomic E-state index is 0.0614. The van der Waals surface area contributed by atoms with Gasteiger partial charge in [0.2, 0.25) is 5.91 Å². The second-order valence-electron chi connectivity index (χ2n) is 8.70. The summed E-state index contributed by atoms with van der Waals surface area (Å²) in [5.74, 6) is 0.958. The van der Waals surface area contributed by atoms with E-state index in [0.717, 1.165) is 53.8 Å². The third-order valence-corrected chi connectivity index (χ3v) is 6.49. The zero-order chi connectivity index (χ0) is 24.2. The van der Waals surface area contributed by atoms with Crippen LogP contribution in [0.1, 0.15) is 30.9 Å². The molecule has 3 heterocycles. The Hall–Kier alpha value is -3.91. The minimum atomic E-state index is -0.0614. The highest BCUT2D eigenvalue weighted by molar-refractivity contribution is 6.01. The van der Waals surface area contributed by atoms with Crippen LogP contribution in [0.4, 0.5) is 11.5 Å². The zero-order valence-electron chi connectivity index (χ0n) is 19.7. The molecule has 1 aliphatic rings. The van der Waals surface area contributed by atoms with Crippen molar-refractivity contribution in [2.45, 2.75) is 31.7 Å². The van der Waals surface area contributed by atoms with Crippen LogP contribution in [0.5, 0.6) is 5.75 Å². The van der Waals surface area contributed by atoms with Gasteiger partial charge in [-0.2, -0.15) is 0 Å². The highest BCUT2D eigenvalue weighted by Crippen LogP contribution is 2.39. The van der Waals surface area contributed by atoms with Gasteiger partial charge in [-0.25, -0.2) is 9.97 Å². The number of rotatable bonds is 7. The first kappa shape index (κ1) is 22.9. The van der Waals surface area contributed by atoms with Gasteiger partial charge in [-0.3, -0.25) is 4.79 Å². The molecule has 0 radical (unpaired) electrons. The number of aryl methyl sites for hydroxylation is 1. The van der Waals surface area contributed by atoms with Crippen molar-refractivity contribution in [3.63, 3.8) is 0 Å². The number of nitrogens with two attached hydrogens (primary N) is 1. The van der Waals surface area contributed by atoms with Crippen LogP contribution in [-0.2, 0) is 16.0 Å². The van der Waals surface area contributed by atoms with Gasteiger partial charge >= 0.3 is 0 Å². The van der Waals surface area contributed by atoms with Gasteiger partial charge < -0.3 is 25.1 Å². The number of methoxy groups -OCH3 is 1. The number of fused-ring (bicyclic) bond motifs is 1. The third kappa shape index (κ3) is 4.83. The molecule has 2 aromatic carbocycles. The molecule has 0 bridgehead atoms. The number of aromatic nitrogens is 3. The number of nitrogens with zero attached hydrogens (tertiary/aromatic N) is 3. The number of amides is 1. The van der Waals surface area contributed by atoms with Gasteiger partial charge in [-0.1, -0.05) is 36.4 Å². The van der Waals surface area contributed by atoms with E-state index < -0.39 is 0 Å². The average molecular weight is 472 g/mol. The topological polar surface area (TPSA) is 104 Å². The smallest absolute Gasteiger partial charge is 0.224 e. The molecule has 5 rings (SSSR count). The Balaban J connectivity index is 1.42. The number of carbonyl (C=O) groups excluding carboxylic acids is 1. The molecule has 1 amide bonds. The Morgan fingerprint density at radius 3 is 2.74 bits per heavy atom. The molecule has 1 fully saturated rings. The van der Waals surface area contributed by atoms with Crippen molar-refractivity contribution in [1.29, 1.82) is 0 Å². The summed E-state index contributed by atoms with van der Waals surface area (Å²) in [4.78, 5) is 21.4. The molecular weight excluding hydrogens is 442 g/mol. The lowest BCUT2D eigenvalue weighted by atomic mass is 10.0. The van der Waals surface area contributed by atoms with E-state index in [1.165, 1.54) is 6.33 Å². The lowest BCUT2D eigenvalue weighted by molar-refractivity contribution is -0.116. The van der Waals surface area contributed by atoms with Crippen molar-refractivity contribution in [2.24, 2.45) is 0 Å². The lowest BCUT2D eigenvalue weighted by Gasteiger charge is -2.24. The van der Waals surface area contributed by atoms with Gasteiger partial charge in [0.15, 0.2) is 0 Å². The first-order valence-corrected chi connectivity index (χ1v) is 11.8. The molecule has 8 heteroatoms. The molecule has 35 heavy (non-hydrogen) atoms. The quantitative estimate of drug-likeness (QED) is 0.408. The highest BCUT2D eigenvalue weighted by Gasteiger charge is 2.23. The molecule has 0 aliphatic carbocycles. The molecule has 2 aromatic heterocycles. The van der Waals surface area contributed by atoms with E-state index in [1.807, 2.05) is 48.5 Å². The van der Waals surface area contributed by atoms with Gasteiger partial charge in [0.25, 0.3) is 0 Å². The van der Waals surface area contributed by atoms with Crippen LogP contribution in [0.25, 0.3) is 22.2 Å². The maximum absolute atomic E-state index is 12.6. The van der Waals surface area contributed by atoms with Crippen LogP contribution < -0.4 is 15.8 Å². The minimum Gasteiger partial charge on any atom is -0.495 e. The van der Waals surface area contributed by atoms with Crippen LogP contribution in [0.2, 0.25) is 0 Å². The summed E-state index contributed by atoms with van der Waals surface area (Å²) in [6.07, 6.45) is 6.51. The fourth-order valence-electron chi connectivity index (χ4n) is 4.65. The third-order valence-electron chi connectivity index (χ3n) is 6.49. The fourth-order valence-corrected chi connectivity index (χ4v) is 4.65. The van der Waals surface area contributed by atoms with E-state index in [1.54, 1.807) is 7.11 Å². The van der Waals surface area contributed by atoms with E-state index in [0.29, 0.717) is 36.1 Å². The van der Waals surface area contributed by atoms with Crippen LogP contribution in [0.15, 0.2) is 61.1 Å². The van der Waals surface area contributed by atoms with E-state index in [9.17, 15) is 4.79 Å². The molecule has 3 N–H and O–H groups in total. The number of nitrogens with one attached hydrogen (secondary N) is 1. The Bertz CT molecular complexity index is 1330. The van der Waals surface area contributed by atoms with Gasteiger partial charge in [0.1, 0.15) is 23.5 Å². The number of hydrogen-bond donors (Lipinski definition) is 2. The van der Waals surface area contributed by atoms with E-state index >= 15 is 0 Å². The van der Waals surface area contributed by atoms with Crippen molar-refractivity contribution in [3.05, 3.63) is 66.6 Å². The van der Waals surface area contributed by atoms with Gasteiger partial charge in [0.05, 0.1) is 18.2 Å². The van der Waals surface area contributed by atoms with Gasteiger partial charge in [-0.05, 0) is 42.5 Å². The Kier molecular flexibility index (Phi) is 6.63. The molecule has 8 nitrogen and oxygen atoms in total. The van der Waals surface area contributed by atoms with Crippen molar-refractivity contribution >= 4 is 28.4 Å². The molecule has 180 valence electrons. The first-order chi connectivity index (χ1) is 17.1. The monoisotopic (exact) mass is 471 g/mol. The fraction of sp³-hybridized carbons (Fsp3) is 0.296. The zero-order valence-corrected chi connectivity index (χ0v) is 19.7. The molecule has 0 unspecified atom stereocenters. The van der Waals surface area contributed by atoms with Crippen molar-refractivity contribution in [3.8, 4) is 16.9 Å². The summed E-state index contributed by atoms with van der Waals surface area (Å²) in [5.41, 5.74) is 10.7. The van der Waals surface area contributed by atoms with Crippen molar-refractivity contribution in [1.82, 2.24) is 14.5 Å². The van der Waals surface area contributed by atoms with Crippen LogP contribution >= 0.6 is 0 Å². The summed E-state index contributed by atoms with van der Waals surface area (Å²) in [6.45, 7) is 1.46. The Labute approximate surface area is 204 Å². The molecule has 0 spiro atoms. The lowest BCUT2D eigenvalue weighted by Crippen LogP contribution is -2.19. The van der Waals surface area contributed by atoms with Crippen LogP contribution in [0, 0.1) is 0 Å². The van der Waals surface area contributed by atoms with Crippen LogP contribution in [-0.4, -0.2) is 40.8 Å². The number of anilines is 2. The normalized spacial score (nSPS) is 14.2. The maximum Gasteiger partial charge on any atom is 0.224 e. The first-order valence-electron chi connectivity index (χ1n) is 11.8. The summed E-state index contributed by atoms with van der Waals surface area (Å²) < 4.78 is 13.4. The van der Waals surface area contributed by atoms with Crippen molar-refractivity contribution in [2.75, 3.05) is 31.4 Å². The predicted molar refractivity (Wildman–Crippen MR) is 136 cm³/mol. The number of carbonyl (C=O) groups is 1. The Morgan fingerprint density at radius 1 is 1.17 bits per heavy atom. The second kappa shape index (κ2) is 10.1. The average Bonchev–Trinajstić information content (AvgIpc) is 3.30. The van der Waals surface area contributed by atoms with Crippen LogP contribution in [0.3, 0.4) is 0 Å². The number of nitrogen functional groups attached to an aromatic ring is 1. The molecule has 4 aromatic rings. The number of ether oxygens (including phenoxy) is 2. The molecule has 0 saturated carbocycles. The van der Waals surface area contributed by atoms with Gasteiger partial charge in [-0.15, -0.1) is 0 Å². The molecule has 1 aliphatic heterocycles. The summed E-state index contributed by atoms with van der Waals surface area (Å²) in [6, 6.07) is 16.0. The van der Waals surface area contributed by atoms with Crippen molar-refractivity contribution < 1.29 is 14.3 Å². The molecular formula is C27H29N5O3. The highest BCUT2D eigenvalue weighted by atomic mass is 16.5. The SMILES string of the molecule is COc1cc(-c2cn(C3CCOCC3)c3ncnc(N)c23)ccc1NC(=O)CCc1ccccc1. The summed E-state index contributed by atoms with van der Waals surface area (Å²) in [7, 11) is 1.60. The summed E-state index contributed by atoms with van der Waals surface area (Å²) in [5, 5.41) is 3.80. The number of benzene rings is 2. The Morgan fingerprint density at radius 2 is 1.97 bits per heavy atom. The van der Waals surface area contributed by atoms with E-state index in [2.05, 4.69) is 26.0 Å². The second-order valence-corrected chi connectivity index (χ2v) is 8.70. The largest absolute Gasteiger partial charge is 0.495 e. The number of hydrogen-bond acceptors (Lipinski definition) is 6. The molecule has 1 saturated heterocycles.